The van der Waals surface area contributed by atoms with Gasteiger partial charge in [-0.2, -0.15) is 10.2 Å². The summed E-state index contributed by atoms with van der Waals surface area (Å²) in [5.74, 6) is 1.42. The van der Waals surface area contributed by atoms with Crippen LogP contribution in [0.1, 0.15) is 43.0 Å². The summed E-state index contributed by atoms with van der Waals surface area (Å²) in [4.78, 5) is 4.61. The molecule has 0 radical (unpaired) electrons. The van der Waals surface area contributed by atoms with Crippen molar-refractivity contribution in [2.45, 2.75) is 38.2 Å². The second-order valence-corrected chi connectivity index (χ2v) is 8.60. The zero-order valence-corrected chi connectivity index (χ0v) is 18.0. The number of rotatable bonds is 7. The van der Waals surface area contributed by atoms with Crippen molar-refractivity contribution in [2.75, 3.05) is 13.2 Å². The number of benzene rings is 2. The van der Waals surface area contributed by atoms with Crippen LogP contribution in [0.4, 0.5) is 0 Å². The largest absolute Gasteiger partial charge is 0.496 e. The van der Waals surface area contributed by atoms with Gasteiger partial charge < -0.3 is 19.7 Å². The molecule has 0 spiro atoms. The fraction of sp³-hybridized carbons (Fsp3) is 0.348. The third-order valence-electron chi connectivity index (χ3n) is 5.20. The number of aliphatic hydroxyl groups is 1. The van der Waals surface area contributed by atoms with E-state index in [2.05, 4.69) is 27.6 Å². The average molecular weight is 416 g/mol. The molecular formula is C23H25BN4O3. The van der Waals surface area contributed by atoms with Crippen LogP contribution in [0.2, 0.25) is 0 Å². The van der Waals surface area contributed by atoms with E-state index in [1.54, 1.807) is 12.1 Å². The van der Waals surface area contributed by atoms with Crippen LogP contribution in [0.15, 0.2) is 40.9 Å². The van der Waals surface area contributed by atoms with E-state index < -0.39 is 5.50 Å². The molecule has 0 aliphatic heterocycles. The van der Waals surface area contributed by atoms with Gasteiger partial charge in [-0.1, -0.05) is 23.4 Å². The van der Waals surface area contributed by atoms with E-state index >= 15 is 0 Å². The van der Waals surface area contributed by atoms with Gasteiger partial charge in [-0.25, -0.2) is 0 Å². The quantitative estimate of drug-likeness (QED) is 0.571. The first kappa shape index (κ1) is 21.1. The Hall–Kier alpha value is -3.15. The molecule has 1 aliphatic rings. The molecular weight excluding hydrogens is 391 g/mol. The highest BCUT2D eigenvalue weighted by Crippen LogP contribution is 2.37. The summed E-state index contributed by atoms with van der Waals surface area (Å²) < 4.78 is 11.4. The summed E-state index contributed by atoms with van der Waals surface area (Å²) in [7, 11) is 1.94. The van der Waals surface area contributed by atoms with E-state index in [1.165, 1.54) is 11.1 Å². The van der Waals surface area contributed by atoms with Gasteiger partial charge >= 0.3 is 0 Å². The first-order chi connectivity index (χ1) is 14.9. The molecule has 7 nitrogen and oxygen atoms in total. The lowest BCUT2D eigenvalue weighted by Crippen LogP contribution is -2.28. The number of nitrogens with zero attached hydrogens (tertiary/aromatic N) is 3. The smallest absolute Gasteiger partial charge is 0.258 e. The van der Waals surface area contributed by atoms with E-state index in [9.17, 15) is 5.26 Å². The summed E-state index contributed by atoms with van der Waals surface area (Å²) in [6.07, 6.45) is 1.88. The minimum absolute atomic E-state index is 0.115. The topological polar surface area (TPSA) is 104 Å². The standard InChI is InChI=1S/C23H25BN4O3/c1-23(2,24)30-20-9-6-14(12-15(20)13-25)22-27-21(28-31-22)18-5-3-4-17-16(18)7-8-19(17)26-10-11-29/h3-6,9,12,19,26,29H,7-8,10-11,24H2,1-2H3/t19-/m0/s1. The van der Waals surface area contributed by atoms with Crippen LogP contribution in [-0.2, 0) is 6.42 Å². The van der Waals surface area contributed by atoms with Crippen molar-refractivity contribution in [3.8, 4) is 34.7 Å². The first-order valence-corrected chi connectivity index (χ1v) is 10.4. The van der Waals surface area contributed by atoms with Crippen LogP contribution < -0.4 is 10.1 Å². The van der Waals surface area contributed by atoms with Gasteiger partial charge in [-0.3, -0.25) is 0 Å². The van der Waals surface area contributed by atoms with E-state index in [-0.39, 0.29) is 12.6 Å². The van der Waals surface area contributed by atoms with Crippen molar-refractivity contribution >= 4 is 7.85 Å². The molecule has 1 aromatic heterocycles. The number of nitrogens with one attached hydrogen (secondary N) is 1. The van der Waals surface area contributed by atoms with Crippen LogP contribution in [0.3, 0.4) is 0 Å². The summed E-state index contributed by atoms with van der Waals surface area (Å²) in [6.45, 7) is 4.56. The molecule has 0 saturated heterocycles. The Bertz CT molecular complexity index is 1130. The number of nitriles is 1. The summed E-state index contributed by atoms with van der Waals surface area (Å²) in [5, 5.41) is 26.2. The maximum absolute atomic E-state index is 9.54. The first-order valence-electron chi connectivity index (χ1n) is 10.4. The molecule has 0 unspecified atom stereocenters. The number of hydrogen-bond donors (Lipinski definition) is 2. The normalized spacial score (nSPS) is 15.5. The lowest BCUT2D eigenvalue weighted by atomic mass is 9.85. The van der Waals surface area contributed by atoms with Gasteiger partial charge in [0.25, 0.3) is 5.89 Å². The maximum atomic E-state index is 9.54. The van der Waals surface area contributed by atoms with Gasteiger partial charge in [0.05, 0.1) is 17.7 Å². The van der Waals surface area contributed by atoms with E-state index in [0.29, 0.717) is 35.1 Å². The van der Waals surface area contributed by atoms with Crippen LogP contribution in [0, 0.1) is 11.3 Å². The van der Waals surface area contributed by atoms with Gasteiger partial charge in [-0.15, -0.1) is 0 Å². The Morgan fingerprint density at radius 1 is 1.35 bits per heavy atom. The molecule has 2 N–H and O–H groups in total. The van der Waals surface area contributed by atoms with Crippen molar-refractivity contribution < 1.29 is 14.4 Å². The van der Waals surface area contributed by atoms with Gasteiger partial charge in [-0.05, 0) is 56.0 Å². The third-order valence-corrected chi connectivity index (χ3v) is 5.20. The SMILES string of the molecule is BC(C)(C)Oc1ccc(-c2nc(-c3cccc4c3CC[C@@H]4NCCO)no2)cc1C#N. The molecule has 0 fully saturated rings. The minimum Gasteiger partial charge on any atom is -0.496 e. The van der Waals surface area contributed by atoms with E-state index in [0.717, 1.165) is 18.4 Å². The fourth-order valence-corrected chi connectivity index (χ4v) is 3.93. The summed E-state index contributed by atoms with van der Waals surface area (Å²) in [6, 6.07) is 13.8. The zero-order valence-electron chi connectivity index (χ0n) is 18.0. The molecule has 1 aliphatic carbocycles. The number of hydrogen-bond acceptors (Lipinski definition) is 7. The van der Waals surface area contributed by atoms with Crippen LogP contribution in [0.5, 0.6) is 5.75 Å². The minimum atomic E-state index is -0.400. The molecule has 8 heteroatoms. The van der Waals surface area contributed by atoms with E-state index in [4.69, 9.17) is 14.4 Å². The second kappa shape index (κ2) is 8.54. The molecule has 0 saturated carbocycles. The molecule has 31 heavy (non-hydrogen) atoms. The lowest BCUT2D eigenvalue weighted by molar-refractivity contribution is 0.197. The number of aliphatic hydroxyl groups excluding tert-OH is 1. The predicted octanol–water partition coefficient (Wildman–Crippen LogP) is 2.59. The number of aromatic nitrogens is 2. The molecule has 2 aromatic carbocycles. The highest BCUT2D eigenvalue weighted by Gasteiger charge is 2.26. The second-order valence-electron chi connectivity index (χ2n) is 8.60. The molecule has 1 heterocycles. The van der Waals surface area contributed by atoms with Crippen molar-refractivity contribution in [1.29, 1.82) is 5.26 Å². The van der Waals surface area contributed by atoms with Crippen molar-refractivity contribution in [2.24, 2.45) is 0 Å². The summed E-state index contributed by atoms with van der Waals surface area (Å²) in [5.41, 5.74) is 4.07. The summed E-state index contributed by atoms with van der Waals surface area (Å²) >= 11 is 0. The molecule has 158 valence electrons. The van der Waals surface area contributed by atoms with Crippen LogP contribution in [0.25, 0.3) is 22.8 Å². The fourth-order valence-electron chi connectivity index (χ4n) is 3.93. The average Bonchev–Trinajstić information content (AvgIpc) is 3.39. The van der Waals surface area contributed by atoms with Gasteiger partial charge in [0.1, 0.15) is 11.8 Å². The molecule has 4 rings (SSSR count). The van der Waals surface area contributed by atoms with Gasteiger partial charge in [0, 0.05) is 23.7 Å². The highest BCUT2D eigenvalue weighted by molar-refractivity contribution is 6.14. The zero-order chi connectivity index (χ0) is 22.0. The van der Waals surface area contributed by atoms with Crippen LogP contribution in [-0.4, -0.2) is 41.7 Å². The Morgan fingerprint density at radius 3 is 2.94 bits per heavy atom. The Labute approximate surface area is 182 Å². The number of fused-ring (bicyclic) bond motifs is 1. The molecule has 3 aromatic rings. The lowest BCUT2D eigenvalue weighted by Gasteiger charge is -2.22. The van der Waals surface area contributed by atoms with Gasteiger partial charge in [0.2, 0.25) is 5.82 Å². The van der Waals surface area contributed by atoms with Crippen LogP contribution >= 0.6 is 0 Å². The predicted molar refractivity (Wildman–Crippen MR) is 119 cm³/mol. The highest BCUT2D eigenvalue weighted by atomic mass is 16.5. The third kappa shape index (κ3) is 4.48. The van der Waals surface area contributed by atoms with Gasteiger partial charge in [0.15, 0.2) is 7.85 Å². The maximum Gasteiger partial charge on any atom is 0.258 e. The Kier molecular flexibility index (Phi) is 5.81. The monoisotopic (exact) mass is 416 g/mol. The molecule has 0 bridgehead atoms. The van der Waals surface area contributed by atoms with Crippen molar-refractivity contribution in [1.82, 2.24) is 15.5 Å². The Balaban J connectivity index is 1.63. The van der Waals surface area contributed by atoms with Crippen molar-refractivity contribution in [3.63, 3.8) is 0 Å². The number of ether oxygens (including phenoxy) is 1. The molecule has 0 amide bonds. The Morgan fingerprint density at radius 2 is 2.19 bits per heavy atom. The molecule has 1 atom stereocenters. The van der Waals surface area contributed by atoms with Crippen molar-refractivity contribution in [3.05, 3.63) is 53.1 Å². The van der Waals surface area contributed by atoms with E-state index in [1.807, 2.05) is 39.9 Å².